The molecule has 0 atom stereocenters. The summed E-state index contributed by atoms with van der Waals surface area (Å²) in [6.45, 7) is 1.49. The number of fused-ring (bicyclic) bond motifs is 20. The van der Waals surface area contributed by atoms with Gasteiger partial charge in [0.1, 0.15) is 34.4 Å². The van der Waals surface area contributed by atoms with Crippen LogP contribution in [0.25, 0.3) is 89.7 Å². The normalized spacial score (nSPS) is 12.3. The van der Waals surface area contributed by atoms with Crippen LogP contribution in [0.4, 0.5) is 0 Å². The van der Waals surface area contributed by atoms with Gasteiger partial charge in [-0.1, -0.05) is 84.9 Å². The topological polar surface area (TPSA) is 125 Å². The zero-order chi connectivity index (χ0) is 33.9. The molecule has 2 aliphatic rings. The molecule has 11 nitrogen and oxygen atoms in total. The Morgan fingerprint density at radius 3 is 1.36 bits per heavy atom. The molecule has 11 heteroatoms. The second-order valence-corrected chi connectivity index (χ2v) is 13.2. The average Bonchev–Trinajstić information content (AvgIpc) is 3.84. The summed E-state index contributed by atoms with van der Waals surface area (Å²) in [5, 5.41) is 3.57. The fourth-order valence-electron chi connectivity index (χ4n) is 6.88. The lowest BCUT2D eigenvalue weighted by atomic mass is 10.1. The van der Waals surface area contributed by atoms with Crippen LogP contribution >= 0.6 is 0 Å². The minimum atomic E-state index is -0.0937. The largest absolute Gasteiger partial charge is 0.487 e. The van der Waals surface area contributed by atoms with Crippen LogP contribution in [0.1, 0.15) is 0 Å². The zero-order valence-corrected chi connectivity index (χ0v) is 28.1. The number of ether oxygens (including phenoxy) is 1. The van der Waals surface area contributed by atoms with Crippen LogP contribution < -0.4 is 4.74 Å². The highest BCUT2D eigenvalue weighted by atomic mass is 16.5. The second-order valence-electron chi connectivity index (χ2n) is 13.2. The predicted octanol–water partition coefficient (Wildman–Crippen LogP) is 6.74. The molecule has 8 bridgehead atoms. The molecule has 7 aromatic rings. The van der Waals surface area contributed by atoms with Crippen LogP contribution in [0.5, 0.6) is 5.75 Å². The molecule has 2 N–H and O–H groups in total. The number of benzene rings is 4. The molecule has 9 rings (SSSR count). The van der Waals surface area contributed by atoms with Crippen molar-refractivity contribution in [2.75, 3.05) is 41.3 Å². The van der Waals surface area contributed by atoms with E-state index in [1.165, 1.54) is 0 Å². The van der Waals surface area contributed by atoms with Crippen molar-refractivity contribution in [2.24, 2.45) is 0 Å². The molecule has 0 spiro atoms. The van der Waals surface area contributed by atoms with Crippen LogP contribution in [-0.2, 0) is 0 Å². The smallest absolute Gasteiger partial charge is 0.164 e. The van der Waals surface area contributed by atoms with Gasteiger partial charge in [-0.2, -0.15) is 0 Å². The minimum absolute atomic E-state index is 0.0937. The van der Waals surface area contributed by atoms with Crippen LogP contribution in [0.3, 0.4) is 0 Å². The number of hydrogen-bond donors (Lipinski definition) is 2. The van der Waals surface area contributed by atoms with Crippen molar-refractivity contribution >= 4 is 44.1 Å². The van der Waals surface area contributed by atoms with Crippen LogP contribution in [0.2, 0.25) is 0 Å². The quantitative estimate of drug-likeness (QED) is 0.200. The average molecular weight is 659 g/mol. The van der Waals surface area contributed by atoms with Gasteiger partial charge in [-0.3, -0.25) is 0 Å². The van der Waals surface area contributed by atoms with Gasteiger partial charge in [0.2, 0.25) is 0 Å². The molecule has 0 fully saturated rings. The summed E-state index contributed by atoms with van der Waals surface area (Å²) >= 11 is 0. The van der Waals surface area contributed by atoms with Crippen LogP contribution in [0.15, 0.2) is 91.0 Å². The number of aromatic nitrogens is 8. The molecule has 2 aliphatic heterocycles. The first-order valence-electron chi connectivity index (χ1n) is 16.6. The van der Waals surface area contributed by atoms with E-state index in [1.54, 1.807) is 0 Å². The standard InChI is InChI=1S/C39H34N10O/c1-48(2)20-22(21-49(3)4)50-30-19-11-18-29-31(30)39-46-37-28-17-10-9-16-27(28)35(44-37)42-33-24-13-6-5-12-23(24)32(40-33)41-34-25-14-7-8-15-26(25)36(43-34)45-38(29)47-39/h5-19,22H,20-21H2,1-4H3,(H2,40,41,42,43,44,45,46,47). The van der Waals surface area contributed by atoms with Gasteiger partial charge in [-0.15, -0.1) is 0 Å². The maximum absolute atomic E-state index is 6.80. The van der Waals surface area contributed by atoms with E-state index in [4.69, 9.17) is 34.6 Å². The second kappa shape index (κ2) is 11.8. The predicted molar refractivity (Wildman–Crippen MR) is 198 cm³/mol. The van der Waals surface area contributed by atoms with Gasteiger partial charge in [0, 0.05) is 51.5 Å². The summed E-state index contributed by atoms with van der Waals surface area (Å²) in [7, 11) is 8.23. The van der Waals surface area contributed by atoms with Gasteiger partial charge in [-0.05, 0) is 34.3 Å². The number of hydrogen-bond acceptors (Lipinski definition) is 9. The van der Waals surface area contributed by atoms with Gasteiger partial charge >= 0.3 is 0 Å². The van der Waals surface area contributed by atoms with E-state index >= 15 is 0 Å². The Morgan fingerprint density at radius 1 is 0.480 bits per heavy atom. The molecule has 5 heterocycles. The first-order chi connectivity index (χ1) is 24.4. The van der Waals surface area contributed by atoms with Crippen molar-refractivity contribution in [3.63, 3.8) is 0 Å². The lowest BCUT2D eigenvalue weighted by Crippen LogP contribution is -2.38. The number of H-pyrrole nitrogens is 2. The molecule has 0 saturated carbocycles. The third kappa shape index (κ3) is 5.15. The monoisotopic (exact) mass is 658 g/mol. The highest BCUT2D eigenvalue weighted by molar-refractivity contribution is 6.08. The van der Waals surface area contributed by atoms with E-state index in [-0.39, 0.29) is 6.10 Å². The van der Waals surface area contributed by atoms with Gasteiger partial charge in [-0.25, -0.2) is 29.9 Å². The van der Waals surface area contributed by atoms with Crippen molar-refractivity contribution in [3.05, 3.63) is 91.0 Å². The van der Waals surface area contributed by atoms with Crippen LogP contribution in [0, 0.1) is 0 Å². The van der Waals surface area contributed by atoms with Crippen LogP contribution in [-0.4, -0.2) is 97.1 Å². The van der Waals surface area contributed by atoms with E-state index < -0.39 is 0 Å². The SMILES string of the molecule is CN(C)CC(CN(C)C)Oc1cccc2c3nc4nc(nc5[nH]c(nc6nc(nc([nH]3)c12)-c1ccccc1-6)c1ccccc51)-c1ccccc1-4. The molecular weight excluding hydrogens is 624 g/mol. The summed E-state index contributed by atoms with van der Waals surface area (Å²) in [5.41, 5.74) is 6.14. The Morgan fingerprint density at radius 2 is 0.880 bits per heavy atom. The number of nitrogens with one attached hydrogen (secondary N) is 2. The van der Waals surface area contributed by atoms with E-state index in [9.17, 15) is 0 Å². The highest BCUT2D eigenvalue weighted by Crippen LogP contribution is 2.38. The number of aromatic amines is 2. The van der Waals surface area contributed by atoms with E-state index in [1.807, 2.05) is 91.0 Å². The fourth-order valence-corrected chi connectivity index (χ4v) is 6.88. The summed E-state index contributed by atoms with van der Waals surface area (Å²) in [4.78, 5) is 41.9. The molecule has 0 aliphatic carbocycles. The van der Waals surface area contributed by atoms with Crippen molar-refractivity contribution in [1.29, 1.82) is 0 Å². The Balaban J connectivity index is 1.40. The van der Waals surface area contributed by atoms with Crippen molar-refractivity contribution in [2.45, 2.75) is 6.10 Å². The summed E-state index contributed by atoms with van der Waals surface area (Å²) in [6.07, 6.45) is -0.0937. The first kappa shape index (κ1) is 30.1. The molecule has 0 radical (unpaired) electrons. The molecule has 3 aromatic heterocycles. The minimum Gasteiger partial charge on any atom is -0.487 e. The van der Waals surface area contributed by atoms with Crippen molar-refractivity contribution in [1.82, 2.24) is 49.7 Å². The molecular formula is C39H34N10O. The molecule has 4 aromatic carbocycles. The van der Waals surface area contributed by atoms with E-state index in [0.29, 0.717) is 51.6 Å². The Labute approximate surface area is 287 Å². The third-order valence-corrected chi connectivity index (χ3v) is 8.97. The number of nitrogens with zero attached hydrogens (tertiary/aromatic N) is 8. The molecule has 0 unspecified atom stereocenters. The third-order valence-electron chi connectivity index (χ3n) is 8.97. The van der Waals surface area contributed by atoms with Gasteiger partial charge in [0.15, 0.2) is 23.3 Å². The summed E-state index contributed by atoms with van der Waals surface area (Å²) in [6, 6.07) is 30.2. The zero-order valence-electron chi connectivity index (χ0n) is 28.1. The molecule has 50 heavy (non-hydrogen) atoms. The number of likely N-dealkylation sites (N-methyl/N-ethyl adjacent to an activating group) is 2. The molecule has 0 amide bonds. The van der Waals surface area contributed by atoms with E-state index in [2.05, 4.69) is 48.0 Å². The van der Waals surface area contributed by atoms with Crippen molar-refractivity contribution < 1.29 is 4.74 Å². The maximum Gasteiger partial charge on any atom is 0.164 e. The van der Waals surface area contributed by atoms with Gasteiger partial charge < -0.3 is 24.5 Å². The Hall–Kier alpha value is -6.04. The van der Waals surface area contributed by atoms with E-state index in [0.717, 1.165) is 56.9 Å². The van der Waals surface area contributed by atoms with Gasteiger partial charge in [0.05, 0.1) is 5.39 Å². The van der Waals surface area contributed by atoms with Crippen molar-refractivity contribution in [3.8, 4) is 51.3 Å². The highest BCUT2D eigenvalue weighted by Gasteiger charge is 2.23. The fraction of sp³-hybridized carbons (Fsp3) is 0.179. The maximum atomic E-state index is 6.80. The summed E-state index contributed by atoms with van der Waals surface area (Å²) < 4.78 is 6.80. The lowest BCUT2D eigenvalue weighted by Gasteiger charge is -2.25. The summed E-state index contributed by atoms with van der Waals surface area (Å²) in [5.74, 6) is 2.97. The Bertz CT molecular complexity index is 2610. The number of rotatable bonds is 6. The van der Waals surface area contributed by atoms with Gasteiger partial charge in [0.25, 0.3) is 0 Å². The first-order valence-corrected chi connectivity index (χ1v) is 16.6. The molecule has 246 valence electrons. The molecule has 0 saturated heterocycles. The Kier molecular flexibility index (Phi) is 7.11. The lowest BCUT2D eigenvalue weighted by molar-refractivity contribution is 0.130.